The Bertz CT molecular complexity index is 484. The Labute approximate surface area is 119 Å². The third kappa shape index (κ3) is 4.66. The Kier molecular flexibility index (Phi) is 5.12. The van der Waals surface area contributed by atoms with E-state index in [0.29, 0.717) is 12.2 Å². The highest BCUT2D eigenvalue weighted by molar-refractivity contribution is 5.96. The van der Waals surface area contributed by atoms with Crippen LogP contribution in [-0.4, -0.2) is 24.9 Å². The third-order valence-electron chi connectivity index (χ3n) is 3.07. The lowest BCUT2D eigenvalue weighted by molar-refractivity contribution is -0.117. The van der Waals surface area contributed by atoms with Crippen LogP contribution in [0.1, 0.15) is 26.2 Å². The Hall–Kier alpha value is -1.88. The molecule has 5 nitrogen and oxygen atoms in total. The standard InChI is InChI=1S/C15H21N3O2/c1-2-8-16-10-14(19)17-12-4-3-5-13(9-12)18-15(20)11-6-7-11/h3-5,9,11,16H,2,6-8,10H2,1H3,(H,17,19)(H,18,20). The number of benzene rings is 1. The fraction of sp³-hybridized carbons (Fsp3) is 0.467. The molecular weight excluding hydrogens is 254 g/mol. The van der Waals surface area contributed by atoms with Crippen molar-refractivity contribution in [2.45, 2.75) is 26.2 Å². The van der Waals surface area contributed by atoms with Crippen molar-refractivity contribution in [1.82, 2.24) is 5.32 Å². The summed E-state index contributed by atoms with van der Waals surface area (Å²) in [7, 11) is 0. The van der Waals surface area contributed by atoms with Gasteiger partial charge in [-0.3, -0.25) is 9.59 Å². The smallest absolute Gasteiger partial charge is 0.238 e. The summed E-state index contributed by atoms with van der Waals surface area (Å²) in [6, 6.07) is 7.23. The van der Waals surface area contributed by atoms with Gasteiger partial charge in [0.25, 0.3) is 0 Å². The van der Waals surface area contributed by atoms with E-state index in [2.05, 4.69) is 22.9 Å². The Morgan fingerprint density at radius 3 is 2.55 bits per heavy atom. The molecule has 1 saturated carbocycles. The second-order valence-corrected chi connectivity index (χ2v) is 5.07. The maximum absolute atomic E-state index is 11.7. The van der Waals surface area contributed by atoms with Crippen molar-refractivity contribution in [3.8, 4) is 0 Å². The molecule has 0 saturated heterocycles. The molecular formula is C15H21N3O2. The summed E-state index contributed by atoms with van der Waals surface area (Å²) in [5, 5.41) is 8.71. The van der Waals surface area contributed by atoms with Crippen LogP contribution in [0.3, 0.4) is 0 Å². The van der Waals surface area contributed by atoms with E-state index in [-0.39, 0.29) is 17.7 Å². The zero-order chi connectivity index (χ0) is 14.4. The summed E-state index contributed by atoms with van der Waals surface area (Å²) < 4.78 is 0. The summed E-state index contributed by atoms with van der Waals surface area (Å²) in [4.78, 5) is 23.4. The summed E-state index contributed by atoms with van der Waals surface area (Å²) in [6.45, 7) is 3.17. The largest absolute Gasteiger partial charge is 0.326 e. The molecule has 5 heteroatoms. The fourth-order valence-corrected chi connectivity index (χ4v) is 1.85. The van der Waals surface area contributed by atoms with E-state index in [1.54, 1.807) is 6.07 Å². The number of carbonyl (C=O) groups excluding carboxylic acids is 2. The third-order valence-corrected chi connectivity index (χ3v) is 3.07. The van der Waals surface area contributed by atoms with Crippen molar-refractivity contribution in [1.29, 1.82) is 0 Å². The number of hydrogen-bond acceptors (Lipinski definition) is 3. The lowest BCUT2D eigenvalue weighted by atomic mass is 10.2. The molecule has 0 bridgehead atoms. The number of rotatable bonds is 7. The van der Waals surface area contributed by atoms with E-state index < -0.39 is 0 Å². The van der Waals surface area contributed by atoms with Crippen molar-refractivity contribution < 1.29 is 9.59 Å². The molecule has 1 fully saturated rings. The van der Waals surface area contributed by atoms with Crippen LogP contribution in [0.2, 0.25) is 0 Å². The monoisotopic (exact) mass is 275 g/mol. The van der Waals surface area contributed by atoms with Gasteiger partial charge < -0.3 is 16.0 Å². The van der Waals surface area contributed by atoms with E-state index in [9.17, 15) is 9.59 Å². The van der Waals surface area contributed by atoms with Gasteiger partial charge in [0.15, 0.2) is 0 Å². The molecule has 3 N–H and O–H groups in total. The molecule has 0 aliphatic heterocycles. The normalized spacial score (nSPS) is 13.8. The summed E-state index contributed by atoms with van der Waals surface area (Å²) in [6.07, 6.45) is 2.95. The van der Waals surface area contributed by atoms with Crippen LogP contribution >= 0.6 is 0 Å². The maximum Gasteiger partial charge on any atom is 0.238 e. The summed E-state index contributed by atoms with van der Waals surface area (Å²) in [5.41, 5.74) is 1.42. The van der Waals surface area contributed by atoms with Crippen molar-refractivity contribution in [2.24, 2.45) is 5.92 Å². The van der Waals surface area contributed by atoms with Gasteiger partial charge in [-0.1, -0.05) is 13.0 Å². The highest BCUT2D eigenvalue weighted by Gasteiger charge is 2.29. The lowest BCUT2D eigenvalue weighted by Crippen LogP contribution is -2.28. The van der Waals surface area contributed by atoms with Crippen LogP contribution < -0.4 is 16.0 Å². The Morgan fingerprint density at radius 1 is 1.20 bits per heavy atom. The molecule has 1 aromatic rings. The molecule has 1 aliphatic carbocycles. The molecule has 108 valence electrons. The lowest BCUT2D eigenvalue weighted by Gasteiger charge is -2.09. The molecule has 0 radical (unpaired) electrons. The van der Waals surface area contributed by atoms with Crippen LogP contribution in [0, 0.1) is 5.92 Å². The van der Waals surface area contributed by atoms with Crippen LogP contribution in [-0.2, 0) is 9.59 Å². The highest BCUT2D eigenvalue weighted by atomic mass is 16.2. The molecule has 1 aliphatic rings. The number of amides is 2. The van der Waals surface area contributed by atoms with Crippen LogP contribution in [0.25, 0.3) is 0 Å². The van der Waals surface area contributed by atoms with Gasteiger partial charge in [0.1, 0.15) is 0 Å². The zero-order valence-electron chi connectivity index (χ0n) is 11.7. The SMILES string of the molecule is CCCNCC(=O)Nc1cccc(NC(=O)C2CC2)c1. The van der Waals surface area contributed by atoms with E-state index in [1.807, 2.05) is 18.2 Å². The fourth-order valence-electron chi connectivity index (χ4n) is 1.85. The summed E-state index contributed by atoms with van der Waals surface area (Å²) in [5.74, 6) is 0.161. The minimum Gasteiger partial charge on any atom is -0.326 e. The molecule has 1 aromatic carbocycles. The number of carbonyl (C=O) groups is 2. The highest BCUT2D eigenvalue weighted by Crippen LogP contribution is 2.30. The predicted molar refractivity (Wildman–Crippen MR) is 79.6 cm³/mol. The molecule has 0 spiro atoms. The van der Waals surface area contributed by atoms with Crippen LogP contribution in [0.15, 0.2) is 24.3 Å². The van der Waals surface area contributed by atoms with Gasteiger partial charge in [0.05, 0.1) is 6.54 Å². The Morgan fingerprint density at radius 2 is 1.90 bits per heavy atom. The molecule has 2 amide bonds. The average Bonchev–Trinajstić information content (AvgIpc) is 3.23. The van der Waals surface area contributed by atoms with Crippen LogP contribution in [0.5, 0.6) is 0 Å². The average molecular weight is 275 g/mol. The van der Waals surface area contributed by atoms with Crippen molar-refractivity contribution >= 4 is 23.2 Å². The maximum atomic E-state index is 11.7. The first kappa shape index (κ1) is 14.5. The van der Waals surface area contributed by atoms with Gasteiger partial charge in [-0.15, -0.1) is 0 Å². The minimum atomic E-state index is -0.0795. The zero-order valence-corrected chi connectivity index (χ0v) is 11.7. The molecule has 20 heavy (non-hydrogen) atoms. The van der Waals surface area contributed by atoms with E-state index >= 15 is 0 Å². The molecule has 0 aromatic heterocycles. The quantitative estimate of drug-likeness (QED) is 0.666. The van der Waals surface area contributed by atoms with Crippen molar-refractivity contribution in [2.75, 3.05) is 23.7 Å². The summed E-state index contributed by atoms with van der Waals surface area (Å²) >= 11 is 0. The predicted octanol–water partition coefficient (Wildman–Crippen LogP) is 1.97. The topological polar surface area (TPSA) is 70.2 Å². The van der Waals surface area contributed by atoms with Crippen LogP contribution in [0.4, 0.5) is 11.4 Å². The molecule has 0 atom stereocenters. The van der Waals surface area contributed by atoms with Crippen molar-refractivity contribution in [3.63, 3.8) is 0 Å². The molecule has 0 heterocycles. The number of nitrogens with one attached hydrogen (secondary N) is 3. The second kappa shape index (κ2) is 7.05. The van der Waals surface area contributed by atoms with E-state index in [1.165, 1.54) is 0 Å². The van der Waals surface area contributed by atoms with Gasteiger partial charge in [-0.25, -0.2) is 0 Å². The van der Waals surface area contributed by atoms with Gasteiger partial charge in [-0.2, -0.15) is 0 Å². The van der Waals surface area contributed by atoms with Gasteiger partial charge >= 0.3 is 0 Å². The van der Waals surface area contributed by atoms with Gasteiger partial charge in [0, 0.05) is 17.3 Å². The first-order valence-electron chi connectivity index (χ1n) is 7.10. The Balaban J connectivity index is 1.85. The van der Waals surface area contributed by atoms with E-state index in [4.69, 9.17) is 0 Å². The van der Waals surface area contributed by atoms with Crippen molar-refractivity contribution in [3.05, 3.63) is 24.3 Å². The second-order valence-electron chi connectivity index (χ2n) is 5.07. The first-order valence-corrected chi connectivity index (χ1v) is 7.10. The van der Waals surface area contributed by atoms with Gasteiger partial charge in [-0.05, 0) is 44.0 Å². The number of anilines is 2. The minimum absolute atomic E-state index is 0.0677. The molecule has 2 rings (SSSR count). The van der Waals surface area contributed by atoms with E-state index in [0.717, 1.165) is 31.5 Å². The number of hydrogen-bond donors (Lipinski definition) is 3. The first-order chi connectivity index (χ1) is 9.69. The molecule has 0 unspecified atom stereocenters. The van der Waals surface area contributed by atoms with Gasteiger partial charge in [0.2, 0.25) is 11.8 Å².